The number of carbonyl (C=O) groups excluding carboxylic acids is 1. The molecule has 2 aromatic rings. The Morgan fingerprint density at radius 1 is 1.14 bits per heavy atom. The molecule has 0 radical (unpaired) electrons. The van der Waals surface area contributed by atoms with Gasteiger partial charge in [0.1, 0.15) is 5.69 Å². The van der Waals surface area contributed by atoms with Crippen LogP contribution in [-0.2, 0) is 16.6 Å². The predicted molar refractivity (Wildman–Crippen MR) is 76.0 cm³/mol. The fourth-order valence-electron chi connectivity index (χ4n) is 1.65. The molecule has 21 heavy (non-hydrogen) atoms. The topological polar surface area (TPSA) is 122 Å². The number of hydrogen-bond acceptors (Lipinski definition) is 4. The molecule has 0 atom stereocenters. The van der Waals surface area contributed by atoms with Gasteiger partial charge in [0.25, 0.3) is 5.91 Å². The third kappa shape index (κ3) is 4.01. The molecule has 0 aliphatic carbocycles. The zero-order chi connectivity index (χ0) is 15.5. The number of aromatic nitrogens is 1. The molecular formula is C13H13N3O4S. The van der Waals surface area contributed by atoms with E-state index < -0.39 is 15.9 Å². The number of H-pyrrole nitrogens is 1. The summed E-state index contributed by atoms with van der Waals surface area (Å²) in [6.07, 6.45) is 0. The summed E-state index contributed by atoms with van der Waals surface area (Å²) >= 11 is 0. The summed E-state index contributed by atoms with van der Waals surface area (Å²) in [6, 6.07) is 10.1. The van der Waals surface area contributed by atoms with E-state index in [1.54, 1.807) is 12.1 Å². The highest BCUT2D eigenvalue weighted by molar-refractivity contribution is 7.89. The van der Waals surface area contributed by atoms with Crippen LogP contribution in [0.15, 0.2) is 52.2 Å². The van der Waals surface area contributed by atoms with Gasteiger partial charge in [-0.25, -0.2) is 13.6 Å². The number of hydrogen-bond donors (Lipinski definition) is 3. The minimum absolute atomic E-state index is 0.00460. The van der Waals surface area contributed by atoms with Crippen molar-refractivity contribution in [3.8, 4) is 0 Å². The van der Waals surface area contributed by atoms with Crippen LogP contribution < -0.4 is 16.0 Å². The van der Waals surface area contributed by atoms with Gasteiger partial charge in [-0.15, -0.1) is 0 Å². The first kappa shape index (κ1) is 14.9. The van der Waals surface area contributed by atoms with Crippen LogP contribution >= 0.6 is 0 Å². The van der Waals surface area contributed by atoms with Gasteiger partial charge in [-0.1, -0.05) is 18.2 Å². The molecule has 110 valence electrons. The van der Waals surface area contributed by atoms with E-state index in [0.717, 1.165) is 0 Å². The van der Waals surface area contributed by atoms with E-state index in [4.69, 9.17) is 5.14 Å². The molecule has 1 aromatic heterocycles. The third-order valence-corrected chi connectivity index (χ3v) is 3.65. The van der Waals surface area contributed by atoms with E-state index in [0.29, 0.717) is 5.56 Å². The average molecular weight is 307 g/mol. The Morgan fingerprint density at radius 3 is 2.38 bits per heavy atom. The Balaban J connectivity index is 2.03. The summed E-state index contributed by atoms with van der Waals surface area (Å²) < 4.78 is 22.2. The lowest BCUT2D eigenvalue weighted by molar-refractivity contribution is 0.0945. The van der Waals surface area contributed by atoms with Crippen molar-refractivity contribution in [3.63, 3.8) is 0 Å². The fraction of sp³-hybridized carbons (Fsp3) is 0.0769. The molecule has 0 spiro atoms. The van der Waals surface area contributed by atoms with Crippen LogP contribution in [0.25, 0.3) is 0 Å². The Hall–Kier alpha value is -2.45. The van der Waals surface area contributed by atoms with E-state index in [1.807, 2.05) is 0 Å². The van der Waals surface area contributed by atoms with Crippen molar-refractivity contribution in [1.29, 1.82) is 0 Å². The van der Waals surface area contributed by atoms with Crippen LogP contribution in [0.3, 0.4) is 0 Å². The molecule has 0 fully saturated rings. The number of nitrogens with two attached hydrogens (primary N) is 1. The first-order chi connectivity index (χ1) is 9.86. The van der Waals surface area contributed by atoms with Gasteiger partial charge >= 0.3 is 0 Å². The summed E-state index contributed by atoms with van der Waals surface area (Å²) in [5.41, 5.74) is 0.498. The van der Waals surface area contributed by atoms with E-state index in [-0.39, 0.29) is 22.7 Å². The number of aromatic amines is 1. The van der Waals surface area contributed by atoms with Gasteiger partial charge in [0.15, 0.2) is 0 Å². The molecule has 7 nitrogen and oxygen atoms in total. The van der Waals surface area contributed by atoms with Gasteiger partial charge in [-0.3, -0.25) is 9.59 Å². The molecule has 1 heterocycles. The number of amides is 1. The van der Waals surface area contributed by atoms with Crippen molar-refractivity contribution in [1.82, 2.24) is 10.3 Å². The first-order valence-electron chi connectivity index (χ1n) is 5.95. The zero-order valence-electron chi connectivity index (χ0n) is 10.9. The van der Waals surface area contributed by atoms with Gasteiger partial charge in [0.2, 0.25) is 15.6 Å². The molecule has 8 heteroatoms. The molecule has 0 unspecified atom stereocenters. The van der Waals surface area contributed by atoms with Gasteiger partial charge in [-0.05, 0) is 23.8 Å². The fourth-order valence-corrected chi connectivity index (χ4v) is 2.17. The molecule has 4 N–H and O–H groups in total. The van der Waals surface area contributed by atoms with Crippen molar-refractivity contribution in [2.24, 2.45) is 5.14 Å². The zero-order valence-corrected chi connectivity index (χ0v) is 11.7. The van der Waals surface area contributed by atoms with Crippen LogP contribution in [0.1, 0.15) is 16.1 Å². The van der Waals surface area contributed by atoms with Crippen LogP contribution in [0.5, 0.6) is 0 Å². The second-order valence-corrected chi connectivity index (χ2v) is 5.86. The summed E-state index contributed by atoms with van der Waals surface area (Å²) in [5.74, 6) is -0.428. The average Bonchev–Trinajstić information content (AvgIpc) is 2.44. The Labute approximate surface area is 120 Å². The van der Waals surface area contributed by atoms with E-state index in [2.05, 4.69) is 10.3 Å². The van der Waals surface area contributed by atoms with Crippen LogP contribution in [0, 0.1) is 0 Å². The Morgan fingerprint density at radius 2 is 1.81 bits per heavy atom. The van der Waals surface area contributed by atoms with Crippen molar-refractivity contribution in [3.05, 3.63) is 64.1 Å². The molecular weight excluding hydrogens is 294 g/mol. The minimum Gasteiger partial charge on any atom is -0.347 e. The second-order valence-electron chi connectivity index (χ2n) is 4.30. The standard InChI is InChI=1S/C13H13N3O4S/c14-21(19,20)10-6-4-9(5-7-10)8-15-13(18)11-2-1-3-12(17)16-11/h1-7H,8H2,(H,15,18)(H,16,17)(H2,14,19,20). The van der Waals surface area contributed by atoms with E-state index >= 15 is 0 Å². The van der Waals surface area contributed by atoms with Gasteiger partial charge in [-0.2, -0.15) is 0 Å². The quantitative estimate of drug-likeness (QED) is 0.733. The maximum atomic E-state index is 11.8. The smallest absolute Gasteiger partial charge is 0.268 e. The highest BCUT2D eigenvalue weighted by atomic mass is 32.2. The van der Waals surface area contributed by atoms with Crippen molar-refractivity contribution in [2.75, 3.05) is 0 Å². The molecule has 0 saturated carbocycles. The Kier molecular flexibility index (Phi) is 4.20. The SMILES string of the molecule is NS(=O)(=O)c1ccc(CNC(=O)c2cccc(=O)[nH]2)cc1. The molecule has 0 aliphatic heterocycles. The Bertz CT molecular complexity index is 810. The summed E-state index contributed by atoms with van der Waals surface area (Å²) in [6.45, 7) is 0.195. The predicted octanol–water partition coefficient (Wildman–Crippen LogP) is -0.0477. The molecule has 0 saturated heterocycles. The van der Waals surface area contributed by atoms with Crippen LogP contribution in [0.2, 0.25) is 0 Å². The third-order valence-electron chi connectivity index (χ3n) is 2.72. The molecule has 0 bridgehead atoms. The number of primary sulfonamides is 1. The largest absolute Gasteiger partial charge is 0.347 e. The molecule has 2 rings (SSSR count). The number of nitrogens with one attached hydrogen (secondary N) is 2. The van der Waals surface area contributed by atoms with Gasteiger partial charge < -0.3 is 10.3 Å². The normalized spacial score (nSPS) is 11.1. The molecule has 0 aliphatic rings. The summed E-state index contributed by atoms with van der Waals surface area (Å²) in [7, 11) is -3.73. The highest BCUT2D eigenvalue weighted by Crippen LogP contribution is 2.08. The van der Waals surface area contributed by atoms with Crippen molar-refractivity contribution < 1.29 is 13.2 Å². The number of carbonyl (C=O) groups is 1. The van der Waals surface area contributed by atoms with Crippen LogP contribution in [-0.4, -0.2) is 19.3 Å². The second kappa shape index (κ2) is 5.90. The number of pyridine rings is 1. The van der Waals surface area contributed by atoms with Gasteiger partial charge in [0, 0.05) is 12.6 Å². The van der Waals surface area contributed by atoms with Crippen molar-refractivity contribution >= 4 is 15.9 Å². The number of sulfonamides is 1. The monoisotopic (exact) mass is 307 g/mol. The first-order valence-corrected chi connectivity index (χ1v) is 7.50. The maximum Gasteiger partial charge on any atom is 0.268 e. The van der Waals surface area contributed by atoms with Crippen LogP contribution in [0.4, 0.5) is 0 Å². The van der Waals surface area contributed by atoms with Crippen molar-refractivity contribution in [2.45, 2.75) is 11.4 Å². The van der Waals surface area contributed by atoms with Gasteiger partial charge in [0.05, 0.1) is 4.90 Å². The lowest BCUT2D eigenvalue weighted by atomic mass is 10.2. The number of benzene rings is 1. The number of rotatable bonds is 4. The maximum absolute atomic E-state index is 11.8. The van der Waals surface area contributed by atoms with E-state index in [9.17, 15) is 18.0 Å². The summed E-state index contributed by atoms with van der Waals surface area (Å²) in [4.78, 5) is 25.3. The summed E-state index contributed by atoms with van der Waals surface area (Å²) in [5, 5.41) is 7.60. The van der Waals surface area contributed by atoms with E-state index in [1.165, 1.54) is 30.3 Å². The molecule has 1 aromatic carbocycles. The molecule has 1 amide bonds. The lowest BCUT2D eigenvalue weighted by Crippen LogP contribution is -2.25. The lowest BCUT2D eigenvalue weighted by Gasteiger charge is -2.06. The minimum atomic E-state index is -3.73. The highest BCUT2D eigenvalue weighted by Gasteiger charge is 2.08.